The Morgan fingerprint density at radius 2 is 2.00 bits per heavy atom. The van der Waals surface area contributed by atoms with Crippen LogP contribution in [0.15, 0.2) is 30.3 Å². The number of hydrogen-bond donors (Lipinski definition) is 1. The molecule has 0 bridgehead atoms. The van der Waals surface area contributed by atoms with Crippen molar-refractivity contribution in [3.63, 3.8) is 0 Å². The molecule has 1 atom stereocenters. The first-order valence-electron chi connectivity index (χ1n) is 8.06. The lowest BCUT2D eigenvalue weighted by Crippen LogP contribution is -2.50. The Morgan fingerprint density at radius 3 is 2.65 bits per heavy atom. The van der Waals surface area contributed by atoms with E-state index in [1.54, 1.807) is 0 Å². The highest BCUT2D eigenvalue weighted by Gasteiger charge is 2.34. The summed E-state index contributed by atoms with van der Waals surface area (Å²) in [5.74, 6) is 0.106. The summed E-state index contributed by atoms with van der Waals surface area (Å²) >= 11 is 0. The Kier molecular flexibility index (Phi) is 5.68. The highest BCUT2D eigenvalue weighted by molar-refractivity contribution is 7.90. The van der Waals surface area contributed by atoms with Gasteiger partial charge in [0.05, 0.1) is 5.75 Å². The molecule has 1 aromatic rings. The number of carbonyl (C=O) groups excluding carboxylic acids is 1. The zero-order valence-electron chi connectivity index (χ0n) is 13.9. The molecule has 1 aliphatic rings. The summed E-state index contributed by atoms with van der Waals surface area (Å²) in [6.45, 7) is 4.03. The van der Waals surface area contributed by atoms with Crippen LogP contribution in [-0.4, -0.2) is 51.0 Å². The second kappa shape index (κ2) is 7.34. The third-order valence-electron chi connectivity index (χ3n) is 4.42. The molecule has 1 aliphatic heterocycles. The van der Waals surface area contributed by atoms with Crippen molar-refractivity contribution in [2.24, 2.45) is 0 Å². The van der Waals surface area contributed by atoms with Gasteiger partial charge < -0.3 is 10.2 Å². The Hall–Kier alpha value is -1.56. The topological polar surface area (TPSA) is 66.5 Å². The van der Waals surface area contributed by atoms with E-state index in [1.165, 1.54) is 11.8 Å². The van der Waals surface area contributed by atoms with Crippen LogP contribution >= 0.6 is 0 Å². The first-order valence-corrected chi connectivity index (χ1v) is 10.1. The van der Waals surface area contributed by atoms with Crippen molar-refractivity contribution in [1.29, 1.82) is 0 Å². The number of nitrogens with zero attached hydrogens (tertiary/aromatic N) is 1. The molecule has 0 radical (unpaired) electrons. The van der Waals surface area contributed by atoms with Crippen LogP contribution in [0.4, 0.5) is 4.79 Å². The van der Waals surface area contributed by atoms with Crippen molar-refractivity contribution >= 4 is 15.9 Å². The second-order valence-corrected chi connectivity index (χ2v) is 8.93. The van der Waals surface area contributed by atoms with E-state index in [0.29, 0.717) is 19.5 Å². The molecule has 0 aromatic heterocycles. The van der Waals surface area contributed by atoms with Crippen molar-refractivity contribution in [2.45, 2.75) is 31.6 Å². The molecule has 0 unspecified atom stereocenters. The minimum absolute atomic E-state index is 0.0242. The van der Waals surface area contributed by atoms with Crippen molar-refractivity contribution < 1.29 is 13.2 Å². The number of likely N-dealkylation sites (tertiary alicyclic amines) is 1. The molecule has 0 spiro atoms. The van der Waals surface area contributed by atoms with E-state index in [-0.39, 0.29) is 17.2 Å². The largest absolute Gasteiger partial charge is 0.338 e. The van der Waals surface area contributed by atoms with E-state index in [9.17, 15) is 13.2 Å². The quantitative estimate of drug-likeness (QED) is 0.837. The highest BCUT2D eigenvalue weighted by Crippen LogP contribution is 2.33. The summed E-state index contributed by atoms with van der Waals surface area (Å²) in [4.78, 5) is 14.2. The number of amides is 2. The summed E-state index contributed by atoms with van der Waals surface area (Å²) in [5.41, 5.74) is 1.23. The fourth-order valence-electron chi connectivity index (χ4n) is 3.13. The number of nitrogens with one attached hydrogen (secondary N) is 1. The van der Waals surface area contributed by atoms with E-state index >= 15 is 0 Å². The van der Waals surface area contributed by atoms with Gasteiger partial charge in [0.25, 0.3) is 0 Å². The summed E-state index contributed by atoms with van der Waals surface area (Å²) in [7, 11) is -2.97. The molecular weight excluding hydrogens is 312 g/mol. The summed E-state index contributed by atoms with van der Waals surface area (Å²) in [6.07, 6.45) is 3.70. The molecule has 1 fully saturated rings. The van der Waals surface area contributed by atoms with Gasteiger partial charge in [-0.2, -0.15) is 0 Å². The molecule has 128 valence electrons. The third kappa shape index (κ3) is 5.23. The molecular formula is C17H26N2O3S. The molecule has 0 saturated carbocycles. The van der Waals surface area contributed by atoms with Crippen molar-refractivity contribution in [2.75, 3.05) is 31.6 Å². The standard InChI is InChI=1S/C17H26N2O3S/c1-17(15-8-4-3-5-9-15)10-6-12-19(14-17)16(20)18-11-7-13-23(2,21)22/h3-5,8-9H,6-7,10-14H2,1-2H3,(H,18,20)/t17-/m0/s1. The van der Waals surface area contributed by atoms with E-state index in [0.717, 1.165) is 19.4 Å². The van der Waals surface area contributed by atoms with Crippen LogP contribution < -0.4 is 5.32 Å². The second-order valence-electron chi connectivity index (χ2n) is 6.67. The van der Waals surface area contributed by atoms with Crippen LogP contribution in [-0.2, 0) is 15.3 Å². The van der Waals surface area contributed by atoms with Gasteiger partial charge in [-0.3, -0.25) is 0 Å². The number of piperidine rings is 1. The van der Waals surface area contributed by atoms with Gasteiger partial charge in [-0.25, -0.2) is 13.2 Å². The Bertz CT molecular complexity index is 630. The lowest BCUT2D eigenvalue weighted by molar-refractivity contribution is 0.156. The number of carbonyl (C=O) groups is 1. The first-order chi connectivity index (χ1) is 10.8. The van der Waals surface area contributed by atoms with Gasteiger partial charge in [-0.15, -0.1) is 0 Å². The van der Waals surface area contributed by atoms with E-state index < -0.39 is 9.84 Å². The average Bonchev–Trinajstić information content (AvgIpc) is 2.51. The molecule has 6 heteroatoms. The fraction of sp³-hybridized carbons (Fsp3) is 0.588. The number of benzene rings is 1. The first kappa shape index (κ1) is 17.8. The number of sulfone groups is 1. The highest BCUT2D eigenvalue weighted by atomic mass is 32.2. The minimum Gasteiger partial charge on any atom is -0.338 e. The van der Waals surface area contributed by atoms with Crippen molar-refractivity contribution in [3.05, 3.63) is 35.9 Å². The summed E-state index contributed by atoms with van der Waals surface area (Å²) in [5, 5.41) is 2.84. The Balaban J connectivity index is 1.89. The van der Waals surface area contributed by atoms with Gasteiger partial charge in [0.2, 0.25) is 0 Å². The number of urea groups is 1. The lowest BCUT2D eigenvalue weighted by atomic mass is 9.76. The number of hydrogen-bond acceptors (Lipinski definition) is 3. The van der Waals surface area contributed by atoms with E-state index in [2.05, 4.69) is 24.4 Å². The SMILES string of the molecule is C[C@]1(c2ccccc2)CCCN(C(=O)NCCCS(C)(=O)=O)C1. The maximum atomic E-state index is 12.3. The van der Waals surface area contributed by atoms with Crippen LogP contribution in [0.3, 0.4) is 0 Å². The predicted molar refractivity (Wildman–Crippen MR) is 92.3 cm³/mol. The Morgan fingerprint density at radius 1 is 1.30 bits per heavy atom. The summed E-state index contributed by atoms with van der Waals surface area (Å²) in [6, 6.07) is 10.2. The van der Waals surface area contributed by atoms with Crippen LogP contribution in [0.25, 0.3) is 0 Å². The van der Waals surface area contributed by atoms with Gasteiger partial charge in [-0.05, 0) is 24.8 Å². The van der Waals surface area contributed by atoms with Crippen LogP contribution in [0.2, 0.25) is 0 Å². The average molecular weight is 338 g/mol. The molecule has 0 aliphatic carbocycles. The number of rotatable bonds is 5. The third-order valence-corrected chi connectivity index (χ3v) is 5.45. The predicted octanol–water partition coefficient (Wildman–Crippen LogP) is 2.18. The fourth-order valence-corrected chi connectivity index (χ4v) is 3.80. The summed E-state index contributed by atoms with van der Waals surface area (Å²) < 4.78 is 22.2. The molecule has 1 heterocycles. The molecule has 2 rings (SSSR count). The molecule has 1 N–H and O–H groups in total. The van der Waals surface area contributed by atoms with Crippen LogP contribution in [0.1, 0.15) is 31.7 Å². The maximum absolute atomic E-state index is 12.3. The molecule has 23 heavy (non-hydrogen) atoms. The molecule has 1 saturated heterocycles. The Labute approximate surface area is 139 Å². The van der Waals surface area contributed by atoms with Crippen molar-refractivity contribution in [3.8, 4) is 0 Å². The van der Waals surface area contributed by atoms with Gasteiger partial charge in [0.1, 0.15) is 9.84 Å². The zero-order chi connectivity index (χ0) is 16.9. The lowest BCUT2D eigenvalue weighted by Gasteiger charge is -2.41. The van der Waals surface area contributed by atoms with E-state index in [4.69, 9.17) is 0 Å². The maximum Gasteiger partial charge on any atom is 0.317 e. The minimum atomic E-state index is -2.97. The normalized spacial score (nSPS) is 21.9. The smallest absolute Gasteiger partial charge is 0.317 e. The molecule has 5 nitrogen and oxygen atoms in total. The van der Waals surface area contributed by atoms with Gasteiger partial charge in [0.15, 0.2) is 0 Å². The molecule has 2 amide bonds. The van der Waals surface area contributed by atoms with Gasteiger partial charge in [-0.1, -0.05) is 37.3 Å². The van der Waals surface area contributed by atoms with Crippen LogP contribution in [0, 0.1) is 0 Å². The van der Waals surface area contributed by atoms with Crippen molar-refractivity contribution in [1.82, 2.24) is 10.2 Å². The van der Waals surface area contributed by atoms with E-state index in [1.807, 2.05) is 23.1 Å². The van der Waals surface area contributed by atoms with Crippen LogP contribution in [0.5, 0.6) is 0 Å². The van der Waals surface area contributed by atoms with Gasteiger partial charge in [0, 0.05) is 31.3 Å². The molecule has 1 aromatic carbocycles. The van der Waals surface area contributed by atoms with Gasteiger partial charge >= 0.3 is 6.03 Å². The monoisotopic (exact) mass is 338 g/mol. The zero-order valence-corrected chi connectivity index (χ0v) is 14.7.